The minimum absolute atomic E-state index is 0.0569. The number of aryl methyl sites for hydroxylation is 1. The molecule has 0 saturated carbocycles. The monoisotopic (exact) mass is 248 g/mol. The van der Waals surface area contributed by atoms with Crippen LogP contribution in [0.4, 0.5) is 5.69 Å². The van der Waals surface area contributed by atoms with Crippen molar-refractivity contribution < 1.29 is 14.7 Å². The van der Waals surface area contributed by atoms with E-state index < -0.39 is 5.97 Å². The highest BCUT2D eigenvalue weighted by Crippen LogP contribution is 2.29. The van der Waals surface area contributed by atoms with Crippen molar-refractivity contribution in [1.82, 2.24) is 0 Å². The van der Waals surface area contributed by atoms with Gasteiger partial charge in [-0.05, 0) is 31.0 Å². The fourth-order valence-electron chi connectivity index (χ4n) is 2.33. The quantitative estimate of drug-likeness (QED) is 0.836. The summed E-state index contributed by atoms with van der Waals surface area (Å²) < 4.78 is 0. The predicted octanol–water partition coefficient (Wildman–Crippen LogP) is 1.00. The molecule has 1 amide bonds. The molecule has 96 valence electrons. The third kappa shape index (κ3) is 2.09. The fourth-order valence-corrected chi connectivity index (χ4v) is 2.33. The van der Waals surface area contributed by atoms with Crippen molar-refractivity contribution in [3.8, 4) is 0 Å². The first kappa shape index (κ1) is 12.6. The van der Waals surface area contributed by atoms with E-state index in [0.717, 1.165) is 0 Å². The summed E-state index contributed by atoms with van der Waals surface area (Å²) in [6, 6.07) is 5.17. The minimum atomic E-state index is -1.01. The van der Waals surface area contributed by atoms with Crippen LogP contribution in [0.1, 0.15) is 22.3 Å². The molecule has 1 heterocycles. The van der Waals surface area contributed by atoms with Gasteiger partial charge in [0.15, 0.2) is 0 Å². The Bertz CT molecular complexity index is 499. The zero-order chi connectivity index (χ0) is 13.3. The Hall–Kier alpha value is -1.88. The highest BCUT2D eigenvalue weighted by molar-refractivity contribution is 6.04. The molecule has 1 atom stereocenters. The van der Waals surface area contributed by atoms with Gasteiger partial charge in [0.05, 0.1) is 11.3 Å². The van der Waals surface area contributed by atoms with Crippen LogP contribution in [-0.4, -0.2) is 30.1 Å². The molecule has 1 aromatic carbocycles. The zero-order valence-corrected chi connectivity index (χ0v) is 10.2. The lowest BCUT2D eigenvalue weighted by Crippen LogP contribution is -2.27. The Morgan fingerprint density at radius 1 is 1.56 bits per heavy atom. The van der Waals surface area contributed by atoms with Crippen LogP contribution < -0.4 is 10.6 Å². The summed E-state index contributed by atoms with van der Waals surface area (Å²) in [7, 11) is 0. The third-order valence-corrected chi connectivity index (χ3v) is 3.29. The van der Waals surface area contributed by atoms with Gasteiger partial charge in [0.1, 0.15) is 0 Å². The topological polar surface area (TPSA) is 83.6 Å². The predicted molar refractivity (Wildman–Crippen MR) is 67.7 cm³/mol. The van der Waals surface area contributed by atoms with Crippen LogP contribution in [0.15, 0.2) is 18.2 Å². The van der Waals surface area contributed by atoms with E-state index in [1.54, 1.807) is 25.1 Å². The number of rotatable bonds is 3. The van der Waals surface area contributed by atoms with Crippen LogP contribution in [0.5, 0.6) is 0 Å². The number of anilines is 1. The number of amides is 1. The molecule has 1 aromatic rings. The van der Waals surface area contributed by atoms with Crippen LogP contribution >= 0.6 is 0 Å². The summed E-state index contributed by atoms with van der Waals surface area (Å²) >= 11 is 0. The van der Waals surface area contributed by atoms with Crippen molar-refractivity contribution in [3.63, 3.8) is 0 Å². The second-order valence-electron chi connectivity index (χ2n) is 4.58. The van der Waals surface area contributed by atoms with Crippen molar-refractivity contribution in [2.24, 2.45) is 11.7 Å². The van der Waals surface area contributed by atoms with E-state index in [1.807, 2.05) is 0 Å². The Labute approximate surface area is 105 Å². The van der Waals surface area contributed by atoms with Gasteiger partial charge in [-0.1, -0.05) is 12.1 Å². The highest BCUT2D eigenvalue weighted by Gasteiger charge is 2.32. The van der Waals surface area contributed by atoms with Crippen molar-refractivity contribution >= 4 is 17.6 Å². The smallest absolute Gasteiger partial charge is 0.338 e. The van der Waals surface area contributed by atoms with Crippen molar-refractivity contribution in [3.05, 3.63) is 29.3 Å². The van der Waals surface area contributed by atoms with Crippen LogP contribution in [0.3, 0.4) is 0 Å². The molecule has 1 unspecified atom stereocenters. The molecule has 0 aliphatic carbocycles. The van der Waals surface area contributed by atoms with Crippen molar-refractivity contribution in [2.45, 2.75) is 13.3 Å². The molecule has 5 nitrogen and oxygen atoms in total. The molecule has 1 saturated heterocycles. The van der Waals surface area contributed by atoms with E-state index in [4.69, 9.17) is 5.73 Å². The number of hydrogen-bond acceptors (Lipinski definition) is 3. The SMILES string of the molecule is Cc1cccc(N2CC(CN)CC2=O)c1C(=O)O. The summed E-state index contributed by atoms with van der Waals surface area (Å²) in [5.74, 6) is -0.953. The number of hydrogen-bond donors (Lipinski definition) is 2. The van der Waals surface area contributed by atoms with Gasteiger partial charge < -0.3 is 15.7 Å². The lowest BCUT2D eigenvalue weighted by molar-refractivity contribution is -0.117. The second-order valence-corrected chi connectivity index (χ2v) is 4.58. The van der Waals surface area contributed by atoms with E-state index in [0.29, 0.717) is 30.8 Å². The van der Waals surface area contributed by atoms with Gasteiger partial charge in [0, 0.05) is 13.0 Å². The van der Waals surface area contributed by atoms with Crippen LogP contribution in [0, 0.1) is 12.8 Å². The number of carboxylic acids is 1. The first-order chi connectivity index (χ1) is 8.54. The number of nitrogens with zero attached hydrogens (tertiary/aromatic N) is 1. The maximum atomic E-state index is 11.9. The minimum Gasteiger partial charge on any atom is -0.478 e. The second kappa shape index (κ2) is 4.78. The molecule has 1 fully saturated rings. The van der Waals surface area contributed by atoms with Gasteiger partial charge in [-0.15, -0.1) is 0 Å². The maximum absolute atomic E-state index is 11.9. The zero-order valence-electron chi connectivity index (χ0n) is 10.2. The molecule has 2 rings (SSSR count). The van der Waals surface area contributed by atoms with E-state index in [2.05, 4.69) is 0 Å². The molecule has 0 aromatic heterocycles. The first-order valence-electron chi connectivity index (χ1n) is 5.88. The van der Waals surface area contributed by atoms with Gasteiger partial charge in [-0.25, -0.2) is 4.79 Å². The Morgan fingerprint density at radius 3 is 2.83 bits per heavy atom. The van der Waals surface area contributed by atoms with E-state index in [1.165, 1.54) is 4.90 Å². The van der Waals surface area contributed by atoms with E-state index in [9.17, 15) is 14.7 Å². The van der Waals surface area contributed by atoms with Gasteiger partial charge >= 0.3 is 5.97 Å². The molecule has 0 radical (unpaired) electrons. The fraction of sp³-hybridized carbons (Fsp3) is 0.385. The molecule has 5 heteroatoms. The Kier molecular flexibility index (Phi) is 3.34. The molecular weight excluding hydrogens is 232 g/mol. The number of carbonyl (C=O) groups is 2. The largest absolute Gasteiger partial charge is 0.478 e. The average molecular weight is 248 g/mol. The normalized spacial score (nSPS) is 19.3. The lowest BCUT2D eigenvalue weighted by Gasteiger charge is -2.19. The molecular formula is C13H16N2O3. The summed E-state index contributed by atoms with van der Waals surface area (Å²) in [4.78, 5) is 24.7. The molecule has 0 spiro atoms. The Balaban J connectivity index is 2.43. The number of benzene rings is 1. The number of carboxylic acid groups (broad SMARTS) is 1. The number of nitrogens with two attached hydrogens (primary N) is 1. The lowest BCUT2D eigenvalue weighted by atomic mass is 10.1. The number of aromatic carboxylic acids is 1. The maximum Gasteiger partial charge on any atom is 0.338 e. The third-order valence-electron chi connectivity index (χ3n) is 3.29. The van der Waals surface area contributed by atoms with Crippen molar-refractivity contribution in [2.75, 3.05) is 18.0 Å². The summed E-state index contributed by atoms with van der Waals surface area (Å²) in [5.41, 5.74) is 6.90. The van der Waals surface area contributed by atoms with Gasteiger partial charge in [0.2, 0.25) is 5.91 Å². The van der Waals surface area contributed by atoms with Gasteiger partial charge in [-0.3, -0.25) is 4.79 Å². The van der Waals surface area contributed by atoms with Gasteiger partial charge in [0.25, 0.3) is 0 Å². The first-order valence-corrected chi connectivity index (χ1v) is 5.88. The average Bonchev–Trinajstić information content (AvgIpc) is 2.69. The standard InChI is InChI=1S/C13H16N2O3/c1-8-3-2-4-10(12(8)13(17)18)15-7-9(6-14)5-11(15)16/h2-4,9H,5-7,14H2,1H3,(H,17,18). The van der Waals surface area contributed by atoms with Gasteiger partial charge in [-0.2, -0.15) is 0 Å². The summed E-state index contributed by atoms with van der Waals surface area (Å²) in [5, 5.41) is 9.25. The van der Waals surface area contributed by atoms with Crippen LogP contribution in [0.25, 0.3) is 0 Å². The van der Waals surface area contributed by atoms with Crippen LogP contribution in [-0.2, 0) is 4.79 Å². The molecule has 18 heavy (non-hydrogen) atoms. The molecule has 3 N–H and O–H groups in total. The summed E-state index contributed by atoms with van der Waals surface area (Å²) in [6.07, 6.45) is 0.392. The van der Waals surface area contributed by atoms with E-state index >= 15 is 0 Å². The Morgan fingerprint density at radius 2 is 2.28 bits per heavy atom. The molecule has 0 bridgehead atoms. The number of carbonyl (C=O) groups excluding carboxylic acids is 1. The van der Waals surface area contributed by atoms with Crippen LogP contribution in [0.2, 0.25) is 0 Å². The van der Waals surface area contributed by atoms with E-state index in [-0.39, 0.29) is 17.4 Å². The molecule has 1 aliphatic rings. The van der Waals surface area contributed by atoms with Crippen molar-refractivity contribution in [1.29, 1.82) is 0 Å². The molecule has 1 aliphatic heterocycles. The summed E-state index contributed by atoms with van der Waals surface area (Å²) in [6.45, 7) is 2.67. The highest BCUT2D eigenvalue weighted by atomic mass is 16.4.